The minimum atomic E-state index is 0.0570. The first-order valence-electron chi connectivity index (χ1n) is 9.39. The highest BCUT2D eigenvalue weighted by atomic mass is 16.5. The molecule has 0 aromatic heterocycles. The molecule has 5 rings (SSSR count). The van der Waals surface area contributed by atoms with Crippen LogP contribution in [-0.2, 0) is 10.2 Å². The highest BCUT2D eigenvalue weighted by Gasteiger charge is 2.65. The van der Waals surface area contributed by atoms with Crippen molar-refractivity contribution in [3.05, 3.63) is 48.0 Å². The average molecular weight is 322 g/mol. The van der Waals surface area contributed by atoms with E-state index in [1.54, 1.807) is 0 Å². The molecule has 1 saturated heterocycles. The van der Waals surface area contributed by atoms with E-state index < -0.39 is 0 Å². The number of hydrogen-bond donors (Lipinski definition) is 0. The second-order valence-corrected chi connectivity index (χ2v) is 7.95. The van der Waals surface area contributed by atoms with Gasteiger partial charge in [-0.3, -0.25) is 4.99 Å². The fraction of sp³-hybridized carbons (Fsp3) is 0.571. The van der Waals surface area contributed by atoms with Crippen LogP contribution in [0.4, 0.5) is 0 Å². The van der Waals surface area contributed by atoms with Crippen molar-refractivity contribution >= 4 is 5.84 Å². The third-order valence-electron chi connectivity index (χ3n) is 7.15. The van der Waals surface area contributed by atoms with Gasteiger partial charge in [0.25, 0.3) is 0 Å². The maximum Gasteiger partial charge on any atom is 0.0999 e. The lowest BCUT2D eigenvalue weighted by Gasteiger charge is -2.46. The summed E-state index contributed by atoms with van der Waals surface area (Å²) >= 11 is 0. The Hall–Kier alpha value is -1.61. The summed E-state index contributed by atoms with van der Waals surface area (Å²) in [6, 6.07) is 11.1. The van der Waals surface area contributed by atoms with Gasteiger partial charge in [0.05, 0.1) is 24.6 Å². The first kappa shape index (κ1) is 14.7. The number of amidine groups is 1. The highest BCUT2D eigenvalue weighted by Crippen LogP contribution is 2.64. The Balaban J connectivity index is 1.58. The normalized spacial score (nSPS) is 40.5. The molecule has 1 aromatic carbocycles. The van der Waals surface area contributed by atoms with Crippen molar-refractivity contribution < 1.29 is 4.74 Å². The predicted molar refractivity (Wildman–Crippen MR) is 96.3 cm³/mol. The van der Waals surface area contributed by atoms with Gasteiger partial charge in [-0.25, -0.2) is 0 Å². The van der Waals surface area contributed by atoms with E-state index in [1.165, 1.54) is 24.2 Å². The predicted octanol–water partition coefficient (Wildman–Crippen LogP) is 3.41. The molecular formula is C21H26N2O. The Bertz CT molecular complexity index is 691. The highest BCUT2D eigenvalue weighted by molar-refractivity contribution is 5.85. The Labute approximate surface area is 144 Å². The van der Waals surface area contributed by atoms with Crippen molar-refractivity contribution in [2.75, 3.05) is 26.3 Å². The van der Waals surface area contributed by atoms with Gasteiger partial charge >= 0.3 is 0 Å². The van der Waals surface area contributed by atoms with Crippen LogP contribution in [0.3, 0.4) is 0 Å². The summed E-state index contributed by atoms with van der Waals surface area (Å²) in [5.41, 5.74) is 1.65. The topological polar surface area (TPSA) is 24.8 Å². The van der Waals surface area contributed by atoms with Crippen LogP contribution in [0.25, 0.3) is 0 Å². The molecule has 3 heteroatoms. The minimum Gasteiger partial charge on any atom is -0.378 e. The summed E-state index contributed by atoms with van der Waals surface area (Å²) in [4.78, 5) is 7.96. The molecule has 2 bridgehead atoms. The number of aliphatic imine (C=N–C) groups is 1. The van der Waals surface area contributed by atoms with Crippen LogP contribution in [-0.4, -0.2) is 42.6 Å². The van der Waals surface area contributed by atoms with Crippen molar-refractivity contribution in [2.24, 2.45) is 16.8 Å². The molecule has 2 heterocycles. The lowest BCUT2D eigenvalue weighted by molar-refractivity contribution is 0.0674. The zero-order valence-corrected chi connectivity index (χ0v) is 14.4. The molecule has 24 heavy (non-hydrogen) atoms. The number of fused-ring (bicyclic) bond motifs is 3. The van der Waals surface area contributed by atoms with Gasteiger partial charge in [-0.05, 0) is 24.3 Å². The van der Waals surface area contributed by atoms with Gasteiger partial charge in [0.2, 0.25) is 0 Å². The van der Waals surface area contributed by atoms with E-state index in [0.717, 1.165) is 32.7 Å². The molecule has 2 aliphatic heterocycles. The lowest BCUT2D eigenvalue weighted by Crippen LogP contribution is -2.50. The van der Waals surface area contributed by atoms with Gasteiger partial charge in [0, 0.05) is 30.8 Å². The van der Waals surface area contributed by atoms with Gasteiger partial charge in [-0.1, -0.05) is 49.4 Å². The Kier molecular flexibility index (Phi) is 3.18. The molecule has 0 amide bonds. The van der Waals surface area contributed by atoms with Gasteiger partial charge < -0.3 is 9.64 Å². The van der Waals surface area contributed by atoms with Gasteiger partial charge in [-0.2, -0.15) is 0 Å². The Morgan fingerprint density at radius 1 is 1.08 bits per heavy atom. The number of morpholine rings is 1. The quantitative estimate of drug-likeness (QED) is 0.740. The fourth-order valence-electron chi connectivity index (χ4n) is 5.77. The molecule has 4 aliphatic rings. The van der Waals surface area contributed by atoms with Crippen LogP contribution < -0.4 is 0 Å². The average Bonchev–Trinajstić information content (AvgIpc) is 3.35. The van der Waals surface area contributed by atoms with Crippen LogP contribution in [0.2, 0.25) is 0 Å². The van der Waals surface area contributed by atoms with Crippen LogP contribution in [0.15, 0.2) is 47.5 Å². The van der Waals surface area contributed by atoms with Gasteiger partial charge in [0.1, 0.15) is 0 Å². The molecule has 2 aliphatic carbocycles. The molecule has 3 nitrogen and oxygen atoms in total. The van der Waals surface area contributed by atoms with Crippen molar-refractivity contribution in [3.8, 4) is 0 Å². The monoisotopic (exact) mass is 322 g/mol. The van der Waals surface area contributed by atoms with E-state index >= 15 is 0 Å². The van der Waals surface area contributed by atoms with Crippen molar-refractivity contribution in [1.29, 1.82) is 0 Å². The summed E-state index contributed by atoms with van der Waals surface area (Å²) in [7, 11) is 0. The number of rotatable bonds is 1. The molecule has 1 aromatic rings. The zero-order chi connectivity index (χ0) is 16.2. The lowest BCUT2D eigenvalue weighted by atomic mass is 9.60. The molecule has 4 unspecified atom stereocenters. The summed E-state index contributed by atoms with van der Waals surface area (Å²) in [6.45, 7) is 6.16. The number of ether oxygens (including phenoxy) is 1. The molecule has 2 fully saturated rings. The van der Waals surface area contributed by atoms with Crippen molar-refractivity contribution in [3.63, 3.8) is 0 Å². The summed E-state index contributed by atoms with van der Waals surface area (Å²) < 4.78 is 5.53. The largest absolute Gasteiger partial charge is 0.378 e. The molecule has 0 radical (unpaired) electrons. The SMILES string of the molecule is CC1(c2ccccc2)C2C=CC(C2)C12CCC(N1CCOCC1)=N2. The first-order chi connectivity index (χ1) is 11.7. The molecule has 1 saturated carbocycles. The molecule has 1 spiro atoms. The standard InChI is InChI=1S/C21H26N2O/c1-20(16-5-3-2-4-6-16)17-7-8-18(15-17)21(20)10-9-19(22-21)23-11-13-24-14-12-23/h2-8,17-18H,9-15H2,1H3. The second-order valence-electron chi connectivity index (χ2n) is 7.95. The van der Waals surface area contributed by atoms with E-state index in [9.17, 15) is 0 Å². The molecule has 4 atom stereocenters. The number of allylic oxidation sites excluding steroid dienone is 1. The number of benzene rings is 1. The first-order valence-corrected chi connectivity index (χ1v) is 9.39. The fourth-order valence-corrected chi connectivity index (χ4v) is 5.77. The van der Waals surface area contributed by atoms with E-state index in [4.69, 9.17) is 9.73 Å². The molecule has 0 N–H and O–H groups in total. The minimum absolute atomic E-state index is 0.0570. The van der Waals surface area contributed by atoms with Crippen molar-refractivity contribution in [2.45, 2.75) is 37.1 Å². The van der Waals surface area contributed by atoms with E-state index in [-0.39, 0.29) is 11.0 Å². The third-order valence-corrected chi connectivity index (χ3v) is 7.15. The zero-order valence-electron chi connectivity index (χ0n) is 14.4. The maximum atomic E-state index is 5.53. The van der Waals surface area contributed by atoms with E-state index in [0.29, 0.717) is 11.8 Å². The second kappa shape index (κ2) is 5.19. The number of hydrogen-bond acceptors (Lipinski definition) is 3. The third kappa shape index (κ3) is 1.79. The maximum absolute atomic E-state index is 5.53. The van der Waals surface area contributed by atoms with Crippen LogP contribution in [0.1, 0.15) is 31.7 Å². The summed E-state index contributed by atoms with van der Waals surface area (Å²) in [6.07, 6.45) is 8.51. The van der Waals surface area contributed by atoms with E-state index in [2.05, 4.69) is 54.3 Å². The molecule has 126 valence electrons. The Morgan fingerprint density at radius 3 is 2.62 bits per heavy atom. The Morgan fingerprint density at radius 2 is 1.83 bits per heavy atom. The van der Waals surface area contributed by atoms with Crippen LogP contribution in [0, 0.1) is 11.8 Å². The molecular weight excluding hydrogens is 296 g/mol. The summed E-state index contributed by atoms with van der Waals surface area (Å²) in [5.74, 6) is 2.56. The smallest absolute Gasteiger partial charge is 0.0999 e. The van der Waals surface area contributed by atoms with Gasteiger partial charge in [0.15, 0.2) is 0 Å². The van der Waals surface area contributed by atoms with Crippen molar-refractivity contribution in [1.82, 2.24) is 4.90 Å². The van der Waals surface area contributed by atoms with E-state index in [1.807, 2.05) is 0 Å². The van der Waals surface area contributed by atoms with Crippen LogP contribution >= 0.6 is 0 Å². The number of nitrogens with zero attached hydrogens (tertiary/aromatic N) is 2. The van der Waals surface area contributed by atoms with Gasteiger partial charge in [-0.15, -0.1) is 0 Å². The summed E-state index contributed by atoms with van der Waals surface area (Å²) in [5, 5.41) is 0. The van der Waals surface area contributed by atoms with Crippen LogP contribution in [0.5, 0.6) is 0 Å².